The van der Waals surface area contributed by atoms with E-state index in [1.807, 2.05) is 51.2 Å². The van der Waals surface area contributed by atoms with Crippen molar-refractivity contribution in [2.45, 2.75) is 90.1 Å². The number of halogens is 3. The fourth-order valence-electron chi connectivity index (χ4n) is 6.45. The van der Waals surface area contributed by atoms with Gasteiger partial charge in [0.25, 0.3) is 0 Å². The summed E-state index contributed by atoms with van der Waals surface area (Å²) < 4.78 is 50.9. The Morgan fingerprint density at radius 2 is 1.87 bits per heavy atom. The Balaban J connectivity index is 1.71. The van der Waals surface area contributed by atoms with Crippen LogP contribution in [0.3, 0.4) is 0 Å². The highest BCUT2D eigenvalue weighted by Gasteiger charge is 2.39. The van der Waals surface area contributed by atoms with E-state index < -0.39 is 37.1 Å². The van der Waals surface area contributed by atoms with Crippen LogP contribution in [0.2, 0.25) is 0 Å². The van der Waals surface area contributed by atoms with E-state index in [1.165, 1.54) is 9.80 Å². The van der Waals surface area contributed by atoms with Crippen LogP contribution >= 0.6 is 0 Å². The number of hydrogen-bond donors (Lipinski definition) is 2. The van der Waals surface area contributed by atoms with Crippen LogP contribution in [0.15, 0.2) is 36.0 Å². The molecule has 0 bridgehead atoms. The average Bonchev–Trinajstić information content (AvgIpc) is 3.47. The van der Waals surface area contributed by atoms with Crippen LogP contribution in [0.25, 0.3) is 0 Å². The van der Waals surface area contributed by atoms with Crippen LogP contribution in [0.5, 0.6) is 0 Å². The summed E-state index contributed by atoms with van der Waals surface area (Å²) in [4.78, 5) is 41.3. The molecule has 2 N–H and O–H groups in total. The molecule has 2 fully saturated rings. The molecule has 3 rings (SSSR count). The van der Waals surface area contributed by atoms with Crippen molar-refractivity contribution in [1.82, 2.24) is 14.7 Å². The summed E-state index contributed by atoms with van der Waals surface area (Å²) in [7, 11) is 0. The molecule has 3 heterocycles. The van der Waals surface area contributed by atoms with Crippen molar-refractivity contribution in [2.75, 3.05) is 45.9 Å². The molecular weight excluding hydrogens is 607 g/mol. The van der Waals surface area contributed by atoms with Crippen molar-refractivity contribution < 1.29 is 47.2 Å². The number of rotatable bonds is 8. The molecule has 260 valence electrons. The maximum absolute atomic E-state index is 13.2. The van der Waals surface area contributed by atoms with Crippen LogP contribution < -0.4 is 0 Å². The number of hydrogen-bond acceptors (Lipinski definition) is 7. The zero-order valence-corrected chi connectivity index (χ0v) is 27.2. The van der Waals surface area contributed by atoms with E-state index in [1.54, 1.807) is 4.90 Å². The van der Waals surface area contributed by atoms with Crippen LogP contribution in [0.4, 0.5) is 22.8 Å². The molecule has 13 heteroatoms. The molecule has 3 aliphatic rings. The van der Waals surface area contributed by atoms with E-state index in [4.69, 9.17) is 9.47 Å². The van der Waals surface area contributed by atoms with Gasteiger partial charge in [0, 0.05) is 44.4 Å². The average molecular weight is 658 g/mol. The first kappa shape index (κ1) is 37.4. The van der Waals surface area contributed by atoms with Gasteiger partial charge in [-0.3, -0.25) is 9.69 Å². The van der Waals surface area contributed by atoms with Crippen molar-refractivity contribution >= 4 is 18.2 Å². The maximum Gasteiger partial charge on any atom is 0.410 e. The third-order valence-electron chi connectivity index (χ3n) is 9.00. The fourth-order valence-corrected chi connectivity index (χ4v) is 6.45. The Bertz CT molecular complexity index is 1110. The number of esters is 1. The summed E-state index contributed by atoms with van der Waals surface area (Å²) in [5, 5.41) is 19.3. The minimum atomic E-state index is -4.37. The standard InChI is InChI=1S/C33H50F3N3O7/c1-23(21-45-32(44)38-16-8-12-27(38)20-40)9-7-10-24(2)30-25(3)14-15-26(11-5-4-6-13-29(41)46-30)28-19-37(22-33(34,35)36)17-18-39(28)31(42)43/h7,9-10,14-15,23,25-28,30,40H,4-6,8,11-13,16-22H2,1-3H3,(H,42,43)/b9-7+,15-14+,24-10+/t23-,25+,26-,27-,28?,30-/m1/s1. The van der Waals surface area contributed by atoms with Crippen molar-refractivity contribution in [3.63, 3.8) is 0 Å². The number of amides is 2. The van der Waals surface area contributed by atoms with Gasteiger partial charge in [-0.1, -0.05) is 57.1 Å². The smallest absolute Gasteiger partial charge is 0.410 e. The lowest BCUT2D eigenvalue weighted by Gasteiger charge is -2.43. The number of aliphatic hydroxyl groups excluding tert-OH is 1. The third-order valence-corrected chi connectivity index (χ3v) is 9.00. The van der Waals surface area contributed by atoms with Crippen molar-refractivity contribution in [2.24, 2.45) is 17.8 Å². The number of carbonyl (C=O) groups is 3. The van der Waals surface area contributed by atoms with Gasteiger partial charge in [-0.05, 0) is 44.1 Å². The molecule has 6 atom stereocenters. The SMILES string of the molecule is C/C(=C\C=C\[C@@H](C)COC(=O)N1CCC[C@@H]1CO)[C@H]1OC(=O)CCCCC[C@@H](C2CN(CC(F)(F)F)CCN2C(=O)O)/C=C/[C@@H]1C. The van der Waals surface area contributed by atoms with E-state index in [9.17, 15) is 37.8 Å². The number of aliphatic hydroxyl groups is 1. The molecule has 1 unspecified atom stereocenters. The number of allylic oxidation sites excluding steroid dienone is 2. The normalized spacial score (nSPS) is 29.2. The van der Waals surface area contributed by atoms with E-state index in [0.717, 1.165) is 18.4 Å². The number of alkyl halides is 3. The first-order valence-electron chi connectivity index (χ1n) is 16.3. The first-order valence-corrected chi connectivity index (χ1v) is 16.3. The minimum absolute atomic E-state index is 0.00342. The van der Waals surface area contributed by atoms with Crippen molar-refractivity contribution in [3.8, 4) is 0 Å². The highest BCUT2D eigenvalue weighted by Crippen LogP contribution is 2.29. The van der Waals surface area contributed by atoms with Gasteiger partial charge in [0.05, 0.1) is 31.8 Å². The monoisotopic (exact) mass is 657 g/mol. The molecule has 0 aliphatic carbocycles. The Morgan fingerprint density at radius 3 is 2.57 bits per heavy atom. The minimum Gasteiger partial charge on any atom is -0.465 e. The number of piperazine rings is 1. The number of carbonyl (C=O) groups excluding carboxylic acids is 2. The van der Waals surface area contributed by atoms with Crippen LogP contribution in [-0.4, -0.2) is 113 Å². The zero-order valence-electron chi connectivity index (χ0n) is 27.2. The Kier molecular flexibility index (Phi) is 14.4. The van der Waals surface area contributed by atoms with Crippen molar-refractivity contribution in [1.29, 1.82) is 0 Å². The largest absolute Gasteiger partial charge is 0.465 e. The lowest BCUT2D eigenvalue weighted by Crippen LogP contribution is -2.58. The van der Waals surface area contributed by atoms with E-state index in [2.05, 4.69) is 0 Å². The van der Waals surface area contributed by atoms with Crippen LogP contribution in [0.1, 0.15) is 65.7 Å². The molecule has 0 radical (unpaired) electrons. The van der Waals surface area contributed by atoms with E-state index in [0.29, 0.717) is 32.2 Å². The lowest BCUT2D eigenvalue weighted by atomic mass is 9.87. The van der Waals surface area contributed by atoms with E-state index in [-0.39, 0.29) is 69.0 Å². The summed E-state index contributed by atoms with van der Waals surface area (Å²) in [6.45, 7) is 5.24. The number of ether oxygens (including phenoxy) is 2. The fraction of sp³-hybridized carbons (Fsp3) is 0.727. The second-order valence-corrected chi connectivity index (χ2v) is 12.8. The van der Waals surface area contributed by atoms with Gasteiger partial charge in [0.2, 0.25) is 0 Å². The molecule has 0 aromatic rings. The second-order valence-electron chi connectivity index (χ2n) is 12.8. The molecule has 0 saturated carbocycles. The molecular formula is C33H50F3N3O7. The highest BCUT2D eigenvalue weighted by molar-refractivity contribution is 5.70. The van der Waals surface area contributed by atoms with Gasteiger partial charge in [-0.25, -0.2) is 9.59 Å². The van der Waals surface area contributed by atoms with Crippen molar-refractivity contribution in [3.05, 3.63) is 36.0 Å². The maximum atomic E-state index is 13.2. The number of nitrogens with zero attached hydrogens (tertiary/aromatic N) is 3. The third kappa shape index (κ3) is 11.6. The second kappa shape index (κ2) is 17.7. The van der Waals surface area contributed by atoms with Crippen LogP contribution in [-0.2, 0) is 14.3 Å². The van der Waals surface area contributed by atoms with Crippen LogP contribution in [0, 0.1) is 17.8 Å². The Hall–Kier alpha value is -3.06. The zero-order chi connectivity index (χ0) is 33.9. The molecule has 0 aromatic heterocycles. The molecule has 46 heavy (non-hydrogen) atoms. The van der Waals surface area contributed by atoms with Gasteiger partial charge in [-0.2, -0.15) is 13.2 Å². The first-order chi connectivity index (χ1) is 21.8. The molecule has 0 spiro atoms. The van der Waals surface area contributed by atoms with E-state index >= 15 is 0 Å². The Labute approximate surface area is 269 Å². The molecule has 2 saturated heterocycles. The van der Waals surface area contributed by atoms with Gasteiger partial charge in [0.15, 0.2) is 0 Å². The topological polar surface area (TPSA) is 120 Å². The molecule has 3 aliphatic heterocycles. The quantitative estimate of drug-likeness (QED) is 0.196. The highest BCUT2D eigenvalue weighted by atomic mass is 19.4. The van der Waals surface area contributed by atoms with Gasteiger partial charge < -0.3 is 29.5 Å². The summed E-state index contributed by atoms with van der Waals surface area (Å²) in [6, 6.07) is -0.831. The molecule has 2 amide bonds. The van der Waals surface area contributed by atoms with Gasteiger partial charge in [0.1, 0.15) is 6.10 Å². The molecule has 10 nitrogen and oxygen atoms in total. The summed E-state index contributed by atoms with van der Waals surface area (Å²) >= 11 is 0. The Morgan fingerprint density at radius 1 is 1.11 bits per heavy atom. The van der Waals surface area contributed by atoms with Gasteiger partial charge >= 0.3 is 24.3 Å². The predicted octanol–water partition coefficient (Wildman–Crippen LogP) is 5.63. The lowest BCUT2D eigenvalue weighted by molar-refractivity contribution is -0.152. The summed E-state index contributed by atoms with van der Waals surface area (Å²) in [5.41, 5.74) is 0.781. The summed E-state index contributed by atoms with van der Waals surface area (Å²) in [6.07, 6.45) is 7.22. The van der Waals surface area contributed by atoms with Gasteiger partial charge in [-0.15, -0.1) is 0 Å². The summed E-state index contributed by atoms with van der Waals surface area (Å²) in [5.74, 6) is -0.993. The number of carboxylic acid groups (broad SMARTS) is 1. The predicted molar refractivity (Wildman–Crippen MR) is 166 cm³/mol. The molecule has 0 aromatic carbocycles. The number of cyclic esters (lactones) is 1. The number of likely N-dealkylation sites (tertiary alicyclic amines) is 1.